The van der Waals surface area contributed by atoms with Crippen LogP contribution in [0.1, 0.15) is 51.9 Å². The summed E-state index contributed by atoms with van der Waals surface area (Å²) in [5.74, 6) is 0. The smallest absolute Gasteiger partial charge is 0.0862 e. The first kappa shape index (κ1) is 20.6. The van der Waals surface area contributed by atoms with E-state index in [2.05, 4.69) is 103 Å². The molecule has 0 bridgehead atoms. The van der Waals surface area contributed by atoms with Gasteiger partial charge in [0.05, 0.1) is 3.39 Å². The van der Waals surface area contributed by atoms with E-state index in [4.69, 9.17) is 0 Å². The van der Waals surface area contributed by atoms with E-state index in [1.165, 1.54) is 38.5 Å². The maximum Gasteiger partial charge on any atom is 0.126 e. The van der Waals surface area contributed by atoms with Gasteiger partial charge in [0.15, 0.2) is 0 Å². The van der Waals surface area contributed by atoms with Crippen LogP contribution in [0.4, 0.5) is 0 Å². The average Bonchev–Trinajstić information content (AvgIpc) is 2.31. The molecule has 0 N–H and O–H groups in total. The molecule has 0 saturated carbocycles. The highest BCUT2D eigenvalue weighted by molar-refractivity contribution is 9.30. The van der Waals surface area contributed by atoms with Crippen molar-refractivity contribution in [1.82, 2.24) is 0 Å². The van der Waals surface area contributed by atoms with Crippen LogP contribution in [0.25, 0.3) is 0 Å². The molecular weight excluding hydrogens is 624 g/mol. The summed E-state index contributed by atoms with van der Waals surface area (Å²) < 4.78 is 1.66. The first-order chi connectivity index (χ1) is 8.34. The van der Waals surface area contributed by atoms with Gasteiger partial charge in [-0.2, -0.15) is 0 Å². The molecule has 0 rings (SSSR count). The molecule has 0 aliphatic heterocycles. The molecule has 0 heterocycles. The highest BCUT2D eigenvalue weighted by Gasteiger charge is 2.35. The van der Waals surface area contributed by atoms with Gasteiger partial charge in [-0.3, -0.25) is 0 Å². The van der Waals surface area contributed by atoms with E-state index in [0.29, 0.717) is 4.83 Å². The van der Waals surface area contributed by atoms with Crippen LogP contribution in [0.2, 0.25) is 0 Å². The van der Waals surface area contributed by atoms with Crippen molar-refractivity contribution < 1.29 is 0 Å². The van der Waals surface area contributed by atoms with E-state index in [-0.39, 0.29) is 3.23 Å². The van der Waals surface area contributed by atoms with Gasteiger partial charge >= 0.3 is 0 Å². The molecule has 0 aromatic carbocycles. The van der Waals surface area contributed by atoms with Crippen molar-refractivity contribution in [2.75, 3.05) is 0 Å². The van der Waals surface area contributed by atoms with Crippen molar-refractivity contribution in [2.24, 2.45) is 0 Å². The Kier molecular flexibility index (Phi) is 12.9. The molecule has 0 aromatic heterocycles. The second-order valence-electron chi connectivity index (χ2n) is 4.22. The Morgan fingerprint density at radius 2 is 1.44 bits per heavy atom. The van der Waals surface area contributed by atoms with E-state index < -0.39 is 0 Å². The Morgan fingerprint density at radius 3 is 1.94 bits per heavy atom. The van der Waals surface area contributed by atoms with E-state index in [1.54, 1.807) is 0 Å². The van der Waals surface area contributed by atoms with E-state index >= 15 is 0 Å². The lowest BCUT2D eigenvalue weighted by Crippen LogP contribution is -2.25. The number of hydrogen-bond donors (Lipinski definition) is 0. The third-order valence-electron chi connectivity index (χ3n) is 2.66. The third kappa shape index (κ3) is 8.16. The molecule has 0 aliphatic rings. The fourth-order valence-corrected chi connectivity index (χ4v) is 5.23. The number of halogens is 6. The van der Waals surface area contributed by atoms with Crippen molar-refractivity contribution >= 4 is 95.6 Å². The Hall–Kier alpha value is 2.62. The normalized spacial score (nSPS) is 13.5. The van der Waals surface area contributed by atoms with Gasteiger partial charge < -0.3 is 0 Å². The van der Waals surface area contributed by atoms with Crippen molar-refractivity contribution in [3.8, 4) is 0 Å². The topological polar surface area (TPSA) is 0 Å². The molecule has 0 radical (unpaired) electrons. The first-order valence-corrected chi connectivity index (χ1v) is 10.9. The molecule has 108 valence electrons. The molecule has 0 amide bonds. The molecule has 0 saturated heterocycles. The predicted octanol–water partition coefficient (Wildman–Crippen LogP) is 8.34. The quantitative estimate of drug-likeness (QED) is 0.176. The van der Waals surface area contributed by atoms with Gasteiger partial charge in [-0.1, -0.05) is 109 Å². The van der Waals surface area contributed by atoms with Gasteiger partial charge in [0.2, 0.25) is 0 Å². The number of allylic oxidation sites excluding steroid dienone is 1. The lowest BCUT2D eigenvalue weighted by Gasteiger charge is -2.26. The molecule has 1 atom stereocenters. The number of rotatable bonds is 9. The summed E-state index contributed by atoms with van der Waals surface area (Å²) in [5.41, 5.74) is 0. The van der Waals surface area contributed by atoms with Gasteiger partial charge in [-0.25, -0.2) is 0 Å². The summed E-state index contributed by atoms with van der Waals surface area (Å²) >= 11 is 21.6. The lowest BCUT2D eigenvalue weighted by molar-refractivity contribution is 0.584. The van der Waals surface area contributed by atoms with Crippen LogP contribution in [0, 0.1) is 0 Å². The number of alkyl halides is 3. The molecular formula is C12H18Br6. The van der Waals surface area contributed by atoms with Crippen LogP contribution in [0.5, 0.6) is 0 Å². The van der Waals surface area contributed by atoms with Crippen LogP contribution >= 0.6 is 95.6 Å². The van der Waals surface area contributed by atoms with Gasteiger partial charge in [-0.15, -0.1) is 0 Å². The maximum atomic E-state index is 3.75. The summed E-state index contributed by atoms with van der Waals surface area (Å²) in [7, 11) is 0. The van der Waals surface area contributed by atoms with Gasteiger partial charge in [0.25, 0.3) is 0 Å². The minimum Gasteiger partial charge on any atom is -0.0862 e. The average molecular weight is 642 g/mol. The predicted molar refractivity (Wildman–Crippen MR) is 105 cm³/mol. The van der Waals surface area contributed by atoms with E-state index in [1.807, 2.05) is 0 Å². The van der Waals surface area contributed by atoms with Gasteiger partial charge in [-0.05, 0) is 38.3 Å². The zero-order chi connectivity index (χ0) is 14.2. The van der Waals surface area contributed by atoms with Crippen LogP contribution in [-0.4, -0.2) is 8.06 Å². The van der Waals surface area contributed by atoms with Crippen LogP contribution in [-0.2, 0) is 0 Å². The Labute approximate surface area is 161 Å². The van der Waals surface area contributed by atoms with Gasteiger partial charge in [0, 0.05) is 9.31 Å². The highest BCUT2D eigenvalue weighted by atomic mass is 79.9. The van der Waals surface area contributed by atoms with E-state index in [9.17, 15) is 0 Å². The monoisotopic (exact) mass is 636 g/mol. The molecule has 0 nitrogen and oxygen atoms in total. The Balaban J connectivity index is 4.02. The lowest BCUT2D eigenvalue weighted by atomic mass is 10.1. The molecule has 0 spiro atoms. The number of hydrogen-bond acceptors (Lipinski definition) is 0. The zero-order valence-electron chi connectivity index (χ0n) is 10.3. The Morgan fingerprint density at radius 1 is 0.944 bits per heavy atom. The number of unbranched alkanes of at least 4 members (excludes halogenated alkanes) is 5. The molecule has 0 aliphatic carbocycles. The van der Waals surface area contributed by atoms with Crippen LogP contribution in [0.3, 0.4) is 0 Å². The standard InChI is InChI=1S/C12H18Br6/c1-2-3-4-5-6-7-8-9(13)12(17,18)10(14)11(15)16/h9H,2-8H2,1H3. The maximum absolute atomic E-state index is 3.75. The first-order valence-electron chi connectivity index (χ1n) is 6.07. The summed E-state index contributed by atoms with van der Waals surface area (Å²) in [6, 6.07) is 0. The zero-order valence-corrected chi connectivity index (χ0v) is 19.8. The largest absolute Gasteiger partial charge is 0.126 e. The van der Waals surface area contributed by atoms with Gasteiger partial charge in [0.1, 0.15) is 3.23 Å². The van der Waals surface area contributed by atoms with Crippen LogP contribution in [0.15, 0.2) is 7.87 Å². The summed E-state index contributed by atoms with van der Waals surface area (Å²) in [6.07, 6.45) is 9.09. The third-order valence-corrected chi connectivity index (χ3v) is 10.9. The second kappa shape index (κ2) is 11.2. The molecule has 18 heavy (non-hydrogen) atoms. The summed E-state index contributed by atoms with van der Waals surface area (Å²) in [4.78, 5) is 0.329. The molecule has 0 fully saturated rings. The van der Waals surface area contributed by atoms with Crippen molar-refractivity contribution in [3.63, 3.8) is 0 Å². The fourth-order valence-electron chi connectivity index (χ4n) is 1.55. The summed E-state index contributed by atoms with van der Waals surface area (Å²) in [6.45, 7) is 2.25. The summed E-state index contributed by atoms with van der Waals surface area (Å²) in [5, 5.41) is 0. The fraction of sp³-hybridized carbons (Fsp3) is 0.833. The van der Waals surface area contributed by atoms with Crippen molar-refractivity contribution in [3.05, 3.63) is 7.87 Å². The Bertz CT molecular complexity index is 257. The van der Waals surface area contributed by atoms with E-state index in [0.717, 1.165) is 14.3 Å². The van der Waals surface area contributed by atoms with Crippen molar-refractivity contribution in [2.45, 2.75) is 59.9 Å². The highest BCUT2D eigenvalue weighted by Crippen LogP contribution is 2.49. The SMILES string of the molecule is CCCCCCCCC(Br)C(Br)(Br)C(Br)=C(Br)Br. The second-order valence-corrected chi connectivity index (χ2v) is 12.3. The minimum atomic E-state index is -0.272. The molecule has 6 heteroatoms. The van der Waals surface area contributed by atoms with Crippen molar-refractivity contribution in [1.29, 1.82) is 0 Å². The minimum absolute atomic E-state index is 0.272. The molecule has 1 unspecified atom stereocenters. The molecule has 0 aromatic rings. The van der Waals surface area contributed by atoms with Crippen LogP contribution < -0.4 is 0 Å².